The van der Waals surface area contributed by atoms with E-state index in [-0.39, 0.29) is 5.97 Å². The molecular weight excluding hydrogens is 254 g/mol. The highest BCUT2D eigenvalue weighted by Gasteiger charge is 2.17. The summed E-state index contributed by atoms with van der Waals surface area (Å²) in [5, 5.41) is 0.612. The minimum Gasteiger partial charge on any atom is -0.462 e. The van der Waals surface area contributed by atoms with Crippen molar-refractivity contribution < 1.29 is 9.53 Å². The van der Waals surface area contributed by atoms with E-state index in [0.717, 1.165) is 10.0 Å². The molecule has 0 bridgehead atoms. The first-order valence-electron chi connectivity index (χ1n) is 3.79. The number of nitrogen functional groups attached to an aromatic ring is 1. The number of carbonyl (C=O) groups is 1. The molecule has 0 unspecified atom stereocenters. The van der Waals surface area contributed by atoms with E-state index in [1.165, 1.54) is 11.3 Å². The molecule has 3 nitrogen and oxygen atoms in total. The van der Waals surface area contributed by atoms with Crippen molar-refractivity contribution in [1.82, 2.24) is 0 Å². The molecule has 1 aromatic heterocycles. The average molecular weight is 264 g/mol. The Balaban J connectivity index is 3.01. The van der Waals surface area contributed by atoms with Gasteiger partial charge < -0.3 is 10.5 Å². The van der Waals surface area contributed by atoms with E-state index >= 15 is 0 Å². The summed E-state index contributed by atoms with van der Waals surface area (Å²) < 4.78 is 5.66. The molecule has 0 fully saturated rings. The molecule has 0 aliphatic rings. The maximum absolute atomic E-state index is 11.3. The number of rotatable bonds is 2. The number of esters is 1. The van der Waals surface area contributed by atoms with Crippen LogP contribution in [0, 0.1) is 6.92 Å². The van der Waals surface area contributed by atoms with Crippen LogP contribution in [0.2, 0.25) is 0 Å². The highest BCUT2D eigenvalue weighted by atomic mass is 79.9. The van der Waals surface area contributed by atoms with Crippen LogP contribution >= 0.6 is 27.3 Å². The van der Waals surface area contributed by atoms with E-state index in [2.05, 4.69) is 15.9 Å². The summed E-state index contributed by atoms with van der Waals surface area (Å²) in [7, 11) is 0. The third kappa shape index (κ3) is 2.03. The largest absolute Gasteiger partial charge is 0.462 e. The molecule has 1 aromatic rings. The molecule has 0 aliphatic heterocycles. The Morgan fingerprint density at radius 1 is 1.69 bits per heavy atom. The Morgan fingerprint density at radius 2 is 2.31 bits per heavy atom. The van der Waals surface area contributed by atoms with E-state index in [1.54, 1.807) is 6.92 Å². The molecule has 1 rings (SSSR count). The van der Waals surface area contributed by atoms with E-state index in [0.29, 0.717) is 16.5 Å². The van der Waals surface area contributed by atoms with Gasteiger partial charge in [0.25, 0.3) is 0 Å². The molecule has 5 heteroatoms. The molecule has 0 spiro atoms. The zero-order valence-electron chi connectivity index (χ0n) is 7.39. The van der Waals surface area contributed by atoms with Crippen LogP contribution in [-0.2, 0) is 4.74 Å². The monoisotopic (exact) mass is 263 g/mol. The van der Waals surface area contributed by atoms with Crippen LogP contribution in [-0.4, -0.2) is 12.6 Å². The number of nitrogens with two attached hydrogens (primary N) is 1. The van der Waals surface area contributed by atoms with Gasteiger partial charge in [-0.05, 0) is 35.3 Å². The van der Waals surface area contributed by atoms with Crippen LogP contribution in [0.3, 0.4) is 0 Å². The topological polar surface area (TPSA) is 52.3 Å². The highest BCUT2D eigenvalue weighted by molar-refractivity contribution is 9.10. The van der Waals surface area contributed by atoms with Crippen LogP contribution in [0.1, 0.15) is 22.2 Å². The molecule has 0 aliphatic carbocycles. The van der Waals surface area contributed by atoms with Gasteiger partial charge in [-0.2, -0.15) is 0 Å². The zero-order chi connectivity index (χ0) is 10.0. The van der Waals surface area contributed by atoms with Crippen molar-refractivity contribution in [3.63, 3.8) is 0 Å². The van der Waals surface area contributed by atoms with Gasteiger partial charge in [-0.1, -0.05) is 0 Å². The third-order valence-electron chi connectivity index (χ3n) is 1.56. The van der Waals surface area contributed by atoms with Gasteiger partial charge in [0, 0.05) is 0 Å². The number of hydrogen-bond acceptors (Lipinski definition) is 4. The van der Waals surface area contributed by atoms with Crippen molar-refractivity contribution in [2.45, 2.75) is 13.8 Å². The van der Waals surface area contributed by atoms with Crippen molar-refractivity contribution in [2.24, 2.45) is 0 Å². The number of carbonyl (C=O) groups excluding carboxylic acids is 1. The minimum atomic E-state index is -0.303. The molecule has 0 saturated carbocycles. The lowest BCUT2D eigenvalue weighted by atomic mass is 10.3. The lowest BCUT2D eigenvalue weighted by Crippen LogP contribution is -2.03. The fraction of sp³-hybridized carbons (Fsp3) is 0.375. The summed E-state index contributed by atoms with van der Waals surface area (Å²) in [5.41, 5.74) is 6.49. The molecule has 0 amide bonds. The second kappa shape index (κ2) is 4.11. The number of halogens is 1. The van der Waals surface area contributed by atoms with E-state index in [9.17, 15) is 4.79 Å². The number of anilines is 1. The standard InChI is InChI=1S/C8H10BrNO2S/c1-3-12-8(11)6-4(2)5(9)7(10)13-6/h3,10H2,1-2H3. The van der Waals surface area contributed by atoms with Crippen molar-refractivity contribution in [2.75, 3.05) is 12.3 Å². The first-order chi connectivity index (χ1) is 6.07. The lowest BCUT2D eigenvalue weighted by molar-refractivity contribution is 0.0531. The molecule has 0 radical (unpaired) electrons. The Labute approximate surface area is 89.0 Å². The maximum atomic E-state index is 11.3. The predicted molar refractivity (Wildman–Crippen MR) is 57.1 cm³/mol. The van der Waals surface area contributed by atoms with E-state index in [1.807, 2.05) is 6.92 Å². The second-order valence-corrected chi connectivity index (χ2v) is 4.30. The molecule has 1 heterocycles. The summed E-state index contributed by atoms with van der Waals surface area (Å²) in [6, 6.07) is 0. The van der Waals surface area contributed by atoms with Crippen LogP contribution in [0.25, 0.3) is 0 Å². The minimum absolute atomic E-state index is 0.303. The van der Waals surface area contributed by atoms with Crippen LogP contribution in [0.15, 0.2) is 4.47 Å². The summed E-state index contributed by atoms with van der Waals surface area (Å²) in [4.78, 5) is 11.9. The molecule has 0 aromatic carbocycles. The normalized spacial score (nSPS) is 10.1. The van der Waals surface area contributed by atoms with Crippen LogP contribution in [0.5, 0.6) is 0 Å². The number of thiophene rings is 1. The van der Waals surface area contributed by atoms with Gasteiger partial charge >= 0.3 is 5.97 Å². The lowest BCUT2D eigenvalue weighted by Gasteiger charge is -1.98. The first kappa shape index (κ1) is 10.5. The quantitative estimate of drug-likeness (QED) is 0.835. The van der Waals surface area contributed by atoms with E-state index in [4.69, 9.17) is 10.5 Å². The summed E-state index contributed by atoms with van der Waals surface area (Å²) in [6.45, 7) is 4.00. The Bertz CT molecular complexity index is 335. The summed E-state index contributed by atoms with van der Waals surface area (Å²) >= 11 is 4.54. The first-order valence-corrected chi connectivity index (χ1v) is 5.40. The zero-order valence-corrected chi connectivity index (χ0v) is 9.79. The maximum Gasteiger partial charge on any atom is 0.348 e. The van der Waals surface area contributed by atoms with Gasteiger partial charge in [-0.25, -0.2) is 4.79 Å². The summed E-state index contributed by atoms with van der Waals surface area (Å²) in [6.07, 6.45) is 0. The van der Waals surface area contributed by atoms with Crippen LogP contribution < -0.4 is 5.73 Å². The predicted octanol–water partition coefficient (Wildman–Crippen LogP) is 2.58. The Kier molecular flexibility index (Phi) is 3.33. The molecule has 0 atom stereocenters. The third-order valence-corrected chi connectivity index (χ3v) is 3.94. The van der Waals surface area contributed by atoms with Crippen molar-refractivity contribution in [3.05, 3.63) is 14.9 Å². The molecular formula is C8H10BrNO2S. The van der Waals surface area contributed by atoms with Gasteiger partial charge in [-0.3, -0.25) is 0 Å². The van der Waals surface area contributed by atoms with Gasteiger partial charge in [0.15, 0.2) is 0 Å². The number of ether oxygens (including phenoxy) is 1. The van der Waals surface area contributed by atoms with Crippen LogP contribution in [0.4, 0.5) is 5.00 Å². The Morgan fingerprint density at radius 3 is 2.69 bits per heavy atom. The van der Waals surface area contributed by atoms with Gasteiger partial charge in [0.2, 0.25) is 0 Å². The highest BCUT2D eigenvalue weighted by Crippen LogP contribution is 2.35. The van der Waals surface area contributed by atoms with Gasteiger partial charge in [-0.15, -0.1) is 11.3 Å². The molecule has 2 N–H and O–H groups in total. The van der Waals surface area contributed by atoms with Gasteiger partial charge in [0.05, 0.1) is 11.1 Å². The van der Waals surface area contributed by atoms with Gasteiger partial charge in [0.1, 0.15) is 9.88 Å². The SMILES string of the molecule is CCOC(=O)c1sc(N)c(Br)c1C. The average Bonchev–Trinajstić information content (AvgIpc) is 2.33. The summed E-state index contributed by atoms with van der Waals surface area (Å²) in [5.74, 6) is -0.303. The van der Waals surface area contributed by atoms with Crippen molar-refractivity contribution in [1.29, 1.82) is 0 Å². The fourth-order valence-electron chi connectivity index (χ4n) is 0.907. The molecule has 0 saturated heterocycles. The van der Waals surface area contributed by atoms with Crippen molar-refractivity contribution >= 4 is 38.2 Å². The van der Waals surface area contributed by atoms with E-state index < -0.39 is 0 Å². The second-order valence-electron chi connectivity index (χ2n) is 2.45. The number of hydrogen-bond donors (Lipinski definition) is 1. The Hall–Kier alpha value is -0.550. The molecule has 72 valence electrons. The molecule has 13 heavy (non-hydrogen) atoms. The fourth-order valence-corrected chi connectivity index (χ4v) is 2.34. The smallest absolute Gasteiger partial charge is 0.348 e. The van der Waals surface area contributed by atoms with Crippen molar-refractivity contribution in [3.8, 4) is 0 Å².